The predicted octanol–water partition coefficient (Wildman–Crippen LogP) is 7.29. The average Bonchev–Trinajstić information content (AvgIpc) is 3.32. The topological polar surface area (TPSA) is 49.8 Å². The summed E-state index contributed by atoms with van der Waals surface area (Å²) >= 11 is 0. The van der Waals surface area contributed by atoms with Gasteiger partial charge in [-0.25, -0.2) is 4.79 Å². The Kier molecular flexibility index (Phi) is 4.74. The summed E-state index contributed by atoms with van der Waals surface area (Å²) in [6, 6.07) is 17.2. The van der Waals surface area contributed by atoms with E-state index >= 15 is 0 Å². The molecule has 200 valence electrons. The molecule has 1 N–H and O–H groups in total. The number of piperidine rings is 1. The van der Waals surface area contributed by atoms with Crippen LogP contribution in [0.2, 0.25) is 0 Å². The van der Waals surface area contributed by atoms with Crippen molar-refractivity contribution in [3.8, 4) is 11.1 Å². The van der Waals surface area contributed by atoms with Gasteiger partial charge in [-0.15, -0.1) is 0 Å². The van der Waals surface area contributed by atoms with E-state index in [2.05, 4.69) is 62.4 Å². The van der Waals surface area contributed by atoms with E-state index in [4.69, 9.17) is 4.74 Å². The summed E-state index contributed by atoms with van der Waals surface area (Å²) in [5.41, 5.74) is 5.16. The Hall–Kier alpha value is -2.33. The largest absolute Gasteiger partial charge is 0.448 e. The third-order valence-corrected chi connectivity index (χ3v) is 11.9. The fourth-order valence-corrected chi connectivity index (χ4v) is 11.6. The van der Waals surface area contributed by atoms with E-state index in [1.54, 1.807) is 0 Å². The second kappa shape index (κ2) is 7.65. The summed E-state index contributed by atoms with van der Waals surface area (Å²) in [4.78, 5) is 15.7. The maximum atomic E-state index is 13.6. The zero-order chi connectivity index (χ0) is 25.9. The van der Waals surface area contributed by atoms with E-state index in [0.29, 0.717) is 17.4 Å². The van der Waals surface area contributed by atoms with Crippen LogP contribution in [0.15, 0.2) is 48.5 Å². The predicted molar refractivity (Wildman–Crippen MR) is 148 cm³/mol. The van der Waals surface area contributed by atoms with Gasteiger partial charge in [-0.05, 0) is 103 Å². The molecule has 4 nitrogen and oxygen atoms in total. The first kappa shape index (κ1) is 23.5. The molecule has 6 bridgehead atoms. The highest BCUT2D eigenvalue weighted by atomic mass is 16.6. The summed E-state index contributed by atoms with van der Waals surface area (Å²) < 4.78 is 6.11. The Labute approximate surface area is 226 Å². The average molecular weight is 512 g/mol. The Bertz CT molecular complexity index is 1240. The van der Waals surface area contributed by atoms with Crippen molar-refractivity contribution in [3.05, 3.63) is 59.7 Å². The second-order valence-corrected chi connectivity index (χ2v) is 14.9. The SMILES string of the molecule is CC12CC3CC(C)(C1)CC(C1(O)CC4CCC(C1)N4C(=O)OCC1c4ccccc4-c4ccccc41)(C3)C2. The number of hydrogen-bond acceptors (Lipinski definition) is 3. The molecule has 4 unspecified atom stereocenters. The molecule has 6 fully saturated rings. The molecule has 2 aromatic carbocycles. The number of rotatable bonds is 3. The summed E-state index contributed by atoms with van der Waals surface area (Å²) in [6.07, 6.45) is 10.8. The minimum absolute atomic E-state index is 0.0318. The fourth-order valence-electron chi connectivity index (χ4n) is 11.6. The smallest absolute Gasteiger partial charge is 0.410 e. The molecule has 9 rings (SSSR count). The van der Waals surface area contributed by atoms with Gasteiger partial charge in [0.2, 0.25) is 0 Å². The molecule has 7 aliphatic rings. The number of fused-ring (bicyclic) bond motifs is 5. The molecule has 4 saturated carbocycles. The van der Waals surface area contributed by atoms with Gasteiger partial charge >= 0.3 is 6.09 Å². The van der Waals surface area contributed by atoms with Crippen molar-refractivity contribution in [2.24, 2.45) is 22.2 Å². The maximum Gasteiger partial charge on any atom is 0.410 e. The zero-order valence-electron chi connectivity index (χ0n) is 22.9. The number of aliphatic hydroxyl groups is 1. The van der Waals surface area contributed by atoms with Crippen molar-refractivity contribution in [3.63, 3.8) is 0 Å². The lowest BCUT2D eigenvalue weighted by Crippen LogP contribution is -2.67. The van der Waals surface area contributed by atoms with Crippen LogP contribution in [0.3, 0.4) is 0 Å². The van der Waals surface area contributed by atoms with Crippen molar-refractivity contribution in [1.82, 2.24) is 4.90 Å². The highest BCUT2D eigenvalue weighted by Crippen LogP contribution is 2.73. The van der Waals surface area contributed by atoms with Crippen LogP contribution in [0.5, 0.6) is 0 Å². The van der Waals surface area contributed by atoms with Gasteiger partial charge in [0.15, 0.2) is 0 Å². The lowest BCUT2D eigenvalue weighted by Gasteiger charge is -2.70. The van der Waals surface area contributed by atoms with Crippen molar-refractivity contribution in [2.75, 3.05) is 6.61 Å². The Balaban J connectivity index is 1.01. The van der Waals surface area contributed by atoms with Crippen LogP contribution in [0.1, 0.15) is 95.1 Å². The highest BCUT2D eigenvalue weighted by Gasteiger charge is 2.68. The first-order valence-electron chi connectivity index (χ1n) is 15.0. The van der Waals surface area contributed by atoms with Crippen molar-refractivity contribution < 1.29 is 14.6 Å². The van der Waals surface area contributed by atoms with Crippen LogP contribution >= 0.6 is 0 Å². The molecular weight excluding hydrogens is 470 g/mol. The monoisotopic (exact) mass is 511 g/mol. The minimum Gasteiger partial charge on any atom is -0.448 e. The molecular formula is C34H41NO3. The van der Waals surface area contributed by atoms with Crippen molar-refractivity contribution in [2.45, 2.75) is 102 Å². The number of benzene rings is 2. The van der Waals surface area contributed by atoms with Gasteiger partial charge in [-0.3, -0.25) is 0 Å². The number of carbonyl (C=O) groups excluding carboxylic acids is 1. The van der Waals surface area contributed by atoms with Gasteiger partial charge in [0.05, 0.1) is 5.60 Å². The quantitative estimate of drug-likeness (QED) is 0.471. The van der Waals surface area contributed by atoms with E-state index in [-0.39, 0.29) is 29.5 Å². The number of amides is 1. The van der Waals surface area contributed by atoms with E-state index in [1.165, 1.54) is 60.8 Å². The third kappa shape index (κ3) is 3.22. The number of ether oxygens (including phenoxy) is 1. The van der Waals surface area contributed by atoms with Gasteiger partial charge in [0, 0.05) is 23.4 Å². The van der Waals surface area contributed by atoms with Crippen LogP contribution in [-0.2, 0) is 4.74 Å². The van der Waals surface area contributed by atoms with E-state index in [9.17, 15) is 9.90 Å². The van der Waals surface area contributed by atoms with E-state index < -0.39 is 5.60 Å². The van der Waals surface area contributed by atoms with Gasteiger partial charge in [-0.1, -0.05) is 62.4 Å². The summed E-state index contributed by atoms with van der Waals surface area (Å²) in [5, 5.41) is 12.5. The maximum absolute atomic E-state index is 13.6. The lowest BCUT2D eigenvalue weighted by molar-refractivity contribution is -0.241. The summed E-state index contributed by atoms with van der Waals surface area (Å²) in [6.45, 7) is 5.36. The first-order valence-corrected chi connectivity index (χ1v) is 15.0. The van der Waals surface area contributed by atoms with Crippen LogP contribution in [0, 0.1) is 22.2 Å². The molecule has 1 amide bonds. The normalized spacial score (nSPS) is 42.3. The number of carbonyl (C=O) groups is 1. The van der Waals surface area contributed by atoms with E-state index in [1.807, 2.05) is 4.90 Å². The Morgan fingerprint density at radius 1 is 0.842 bits per heavy atom. The van der Waals surface area contributed by atoms with Gasteiger partial charge in [0.1, 0.15) is 6.61 Å². The Morgan fingerprint density at radius 3 is 1.95 bits per heavy atom. The molecule has 4 heteroatoms. The standard InChI is InChI=1S/C34H41NO3/c1-31-13-22-14-32(2,19-31)21-33(15-22,20-31)34(37)16-23-11-12-24(17-34)35(23)30(36)38-18-29-27-9-5-3-7-25(27)26-8-4-6-10-28(26)29/h3-10,22-24,29,37H,11-21H2,1-2H3. The van der Waals surface area contributed by atoms with Crippen LogP contribution in [-0.4, -0.2) is 40.4 Å². The van der Waals surface area contributed by atoms with Crippen LogP contribution in [0.4, 0.5) is 4.79 Å². The molecule has 0 radical (unpaired) electrons. The first-order chi connectivity index (χ1) is 18.2. The minimum atomic E-state index is -0.652. The van der Waals surface area contributed by atoms with Crippen molar-refractivity contribution in [1.29, 1.82) is 0 Å². The number of hydrogen-bond donors (Lipinski definition) is 1. The molecule has 0 spiro atoms. The molecule has 2 saturated heterocycles. The molecule has 2 aromatic rings. The third-order valence-electron chi connectivity index (χ3n) is 11.9. The van der Waals surface area contributed by atoms with Gasteiger partial charge in [0.25, 0.3) is 0 Å². The van der Waals surface area contributed by atoms with Crippen LogP contribution in [0.25, 0.3) is 11.1 Å². The molecule has 5 aliphatic carbocycles. The molecule has 4 atom stereocenters. The van der Waals surface area contributed by atoms with Crippen LogP contribution < -0.4 is 0 Å². The molecule has 38 heavy (non-hydrogen) atoms. The van der Waals surface area contributed by atoms with Gasteiger partial charge < -0.3 is 14.7 Å². The molecule has 2 heterocycles. The fraction of sp³-hybridized carbons (Fsp3) is 0.618. The number of nitrogens with zero attached hydrogens (tertiary/aromatic N) is 1. The van der Waals surface area contributed by atoms with Gasteiger partial charge in [-0.2, -0.15) is 0 Å². The molecule has 0 aromatic heterocycles. The second-order valence-electron chi connectivity index (χ2n) is 14.9. The lowest BCUT2D eigenvalue weighted by atomic mass is 9.36. The summed E-state index contributed by atoms with van der Waals surface area (Å²) in [7, 11) is 0. The van der Waals surface area contributed by atoms with Crippen molar-refractivity contribution >= 4 is 6.09 Å². The molecule has 2 aliphatic heterocycles. The summed E-state index contributed by atoms with van der Waals surface area (Å²) in [5.74, 6) is 0.849. The van der Waals surface area contributed by atoms with E-state index in [0.717, 1.165) is 31.6 Å². The highest BCUT2D eigenvalue weighted by molar-refractivity contribution is 5.79. The zero-order valence-corrected chi connectivity index (χ0v) is 22.9. The Morgan fingerprint density at radius 2 is 1.39 bits per heavy atom.